The van der Waals surface area contributed by atoms with E-state index in [1.165, 1.54) is 36.0 Å². The van der Waals surface area contributed by atoms with Crippen LogP contribution in [0.4, 0.5) is 11.4 Å². The molecule has 0 fully saturated rings. The van der Waals surface area contributed by atoms with E-state index in [1.54, 1.807) is 6.92 Å². The van der Waals surface area contributed by atoms with Crippen LogP contribution in [0.2, 0.25) is 0 Å². The number of non-ortho nitro benzene ring substituents is 1. The van der Waals surface area contributed by atoms with Gasteiger partial charge in [0.1, 0.15) is 5.82 Å². The van der Waals surface area contributed by atoms with Gasteiger partial charge in [0.2, 0.25) is 5.91 Å². The molecule has 0 aliphatic heterocycles. The Balaban J connectivity index is 1.74. The van der Waals surface area contributed by atoms with E-state index in [1.807, 2.05) is 42.7 Å². The molecule has 0 spiro atoms. The standard InChI is InChI=1S/C19H19N5O3S/c1-12-6-4-5-7-17(12)23-14(3)21-22-19(23)28-13(2)18(25)20-15-8-10-16(11-9-15)24(26)27/h4-11,13H,1-3H3,(H,20,25). The molecule has 1 amide bonds. The fourth-order valence-electron chi connectivity index (χ4n) is 2.63. The monoisotopic (exact) mass is 397 g/mol. The van der Waals surface area contributed by atoms with Crippen LogP contribution in [0.5, 0.6) is 0 Å². The molecule has 1 atom stereocenters. The third-order valence-electron chi connectivity index (χ3n) is 4.15. The molecule has 144 valence electrons. The van der Waals surface area contributed by atoms with Gasteiger partial charge in [0.05, 0.1) is 15.9 Å². The van der Waals surface area contributed by atoms with Crippen molar-refractivity contribution in [3.05, 3.63) is 70.0 Å². The van der Waals surface area contributed by atoms with E-state index in [0.717, 1.165) is 17.1 Å². The van der Waals surface area contributed by atoms with Crippen LogP contribution >= 0.6 is 11.8 Å². The van der Waals surface area contributed by atoms with Gasteiger partial charge >= 0.3 is 0 Å². The normalized spacial score (nSPS) is 11.8. The van der Waals surface area contributed by atoms with Crippen LogP contribution in [0, 0.1) is 24.0 Å². The minimum Gasteiger partial charge on any atom is -0.325 e. The molecule has 0 bridgehead atoms. The van der Waals surface area contributed by atoms with Crippen LogP contribution in [0.3, 0.4) is 0 Å². The number of aryl methyl sites for hydroxylation is 2. The molecule has 28 heavy (non-hydrogen) atoms. The molecule has 1 N–H and O–H groups in total. The number of nitro benzene ring substituents is 1. The number of aromatic nitrogens is 3. The Morgan fingerprint density at radius 3 is 2.46 bits per heavy atom. The third-order valence-corrected chi connectivity index (χ3v) is 5.19. The average molecular weight is 397 g/mol. The van der Waals surface area contributed by atoms with Crippen LogP contribution in [-0.4, -0.2) is 30.8 Å². The molecular weight excluding hydrogens is 378 g/mol. The lowest BCUT2D eigenvalue weighted by molar-refractivity contribution is -0.384. The average Bonchev–Trinajstić information content (AvgIpc) is 3.02. The Bertz CT molecular complexity index is 1020. The lowest BCUT2D eigenvalue weighted by Gasteiger charge is -2.14. The van der Waals surface area contributed by atoms with Crippen molar-refractivity contribution in [2.45, 2.75) is 31.2 Å². The molecule has 1 heterocycles. The summed E-state index contributed by atoms with van der Waals surface area (Å²) in [7, 11) is 0. The molecule has 0 saturated heterocycles. The van der Waals surface area contributed by atoms with Gasteiger partial charge in [-0.3, -0.25) is 19.5 Å². The number of carbonyl (C=O) groups excluding carboxylic acids is 1. The SMILES string of the molecule is Cc1ccccc1-n1c(C)nnc1SC(C)C(=O)Nc1ccc([N+](=O)[O-])cc1. The lowest BCUT2D eigenvalue weighted by atomic mass is 10.2. The van der Waals surface area contributed by atoms with E-state index in [2.05, 4.69) is 15.5 Å². The van der Waals surface area contributed by atoms with E-state index >= 15 is 0 Å². The first-order chi connectivity index (χ1) is 13.4. The highest BCUT2D eigenvalue weighted by atomic mass is 32.2. The Labute approximate surface area is 166 Å². The zero-order valence-corrected chi connectivity index (χ0v) is 16.4. The van der Waals surface area contributed by atoms with E-state index < -0.39 is 10.2 Å². The Morgan fingerprint density at radius 2 is 1.82 bits per heavy atom. The maximum absolute atomic E-state index is 12.5. The van der Waals surface area contributed by atoms with E-state index in [0.29, 0.717) is 10.8 Å². The molecule has 1 unspecified atom stereocenters. The molecule has 0 aliphatic rings. The summed E-state index contributed by atoms with van der Waals surface area (Å²) in [6, 6.07) is 13.6. The smallest absolute Gasteiger partial charge is 0.269 e. The largest absolute Gasteiger partial charge is 0.325 e. The van der Waals surface area contributed by atoms with Crippen molar-refractivity contribution in [2.75, 3.05) is 5.32 Å². The Morgan fingerprint density at radius 1 is 1.14 bits per heavy atom. The summed E-state index contributed by atoms with van der Waals surface area (Å²) in [5, 5.41) is 22.0. The fourth-order valence-corrected chi connectivity index (χ4v) is 3.54. The summed E-state index contributed by atoms with van der Waals surface area (Å²) in [6.45, 7) is 5.65. The number of anilines is 1. The highest BCUT2D eigenvalue weighted by Crippen LogP contribution is 2.27. The predicted molar refractivity (Wildman–Crippen MR) is 108 cm³/mol. The molecule has 3 aromatic rings. The molecule has 8 nitrogen and oxygen atoms in total. The number of nitrogens with one attached hydrogen (secondary N) is 1. The maximum atomic E-state index is 12.5. The number of para-hydroxylation sites is 1. The van der Waals surface area contributed by atoms with Gasteiger partial charge in [-0.25, -0.2) is 0 Å². The number of rotatable bonds is 6. The summed E-state index contributed by atoms with van der Waals surface area (Å²) in [5.41, 5.74) is 2.52. The van der Waals surface area contributed by atoms with Gasteiger partial charge in [0.15, 0.2) is 5.16 Å². The molecule has 9 heteroatoms. The number of hydrogen-bond acceptors (Lipinski definition) is 6. The zero-order valence-electron chi connectivity index (χ0n) is 15.6. The fraction of sp³-hybridized carbons (Fsp3) is 0.211. The van der Waals surface area contributed by atoms with Crippen molar-refractivity contribution in [3.8, 4) is 5.69 Å². The summed E-state index contributed by atoms with van der Waals surface area (Å²) in [4.78, 5) is 22.8. The second kappa shape index (κ2) is 8.22. The highest BCUT2D eigenvalue weighted by molar-refractivity contribution is 8.00. The van der Waals surface area contributed by atoms with Crippen LogP contribution in [0.15, 0.2) is 53.7 Å². The minimum atomic E-state index is -0.481. The zero-order chi connectivity index (χ0) is 20.3. The molecular formula is C19H19N5O3S. The number of benzene rings is 2. The topological polar surface area (TPSA) is 103 Å². The van der Waals surface area contributed by atoms with E-state index in [-0.39, 0.29) is 11.6 Å². The second-order valence-electron chi connectivity index (χ2n) is 6.20. The van der Waals surface area contributed by atoms with Gasteiger partial charge in [-0.2, -0.15) is 0 Å². The number of carbonyl (C=O) groups is 1. The second-order valence-corrected chi connectivity index (χ2v) is 7.51. The van der Waals surface area contributed by atoms with Crippen molar-refractivity contribution in [2.24, 2.45) is 0 Å². The summed E-state index contributed by atoms with van der Waals surface area (Å²) < 4.78 is 1.93. The van der Waals surface area contributed by atoms with Crippen LogP contribution in [0.25, 0.3) is 5.69 Å². The van der Waals surface area contributed by atoms with Crippen molar-refractivity contribution >= 4 is 29.0 Å². The van der Waals surface area contributed by atoms with Crippen LogP contribution in [0.1, 0.15) is 18.3 Å². The van der Waals surface area contributed by atoms with Crippen molar-refractivity contribution in [1.29, 1.82) is 0 Å². The molecule has 0 radical (unpaired) electrons. The maximum Gasteiger partial charge on any atom is 0.269 e. The Kier molecular flexibility index (Phi) is 5.74. The first-order valence-electron chi connectivity index (χ1n) is 8.57. The van der Waals surface area contributed by atoms with Crippen LogP contribution < -0.4 is 5.32 Å². The summed E-state index contributed by atoms with van der Waals surface area (Å²) in [6.07, 6.45) is 0. The van der Waals surface area contributed by atoms with Gasteiger partial charge in [-0.15, -0.1) is 10.2 Å². The minimum absolute atomic E-state index is 0.0257. The predicted octanol–water partition coefficient (Wildman–Crippen LogP) is 3.91. The molecule has 3 rings (SSSR count). The molecule has 2 aromatic carbocycles. The Hall–Kier alpha value is -3.20. The van der Waals surface area contributed by atoms with E-state index in [4.69, 9.17) is 0 Å². The number of amides is 1. The molecule has 0 saturated carbocycles. The highest BCUT2D eigenvalue weighted by Gasteiger charge is 2.21. The van der Waals surface area contributed by atoms with Crippen molar-refractivity contribution in [1.82, 2.24) is 14.8 Å². The first-order valence-corrected chi connectivity index (χ1v) is 9.45. The van der Waals surface area contributed by atoms with Gasteiger partial charge in [0, 0.05) is 17.8 Å². The molecule has 1 aromatic heterocycles. The lowest BCUT2D eigenvalue weighted by Crippen LogP contribution is -2.23. The number of hydrogen-bond donors (Lipinski definition) is 1. The van der Waals surface area contributed by atoms with Crippen molar-refractivity contribution in [3.63, 3.8) is 0 Å². The van der Waals surface area contributed by atoms with Gasteiger partial charge < -0.3 is 5.32 Å². The third kappa shape index (κ3) is 4.20. The number of nitro groups is 1. The number of nitrogens with zero attached hydrogens (tertiary/aromatic N) is 4. The van der Waals surface area contributed by atoms with Crippen LogP contribution in [-0.2, 0) is 4.79 Å². The number of thioether (sulfide) groups is 1. The summed E-state index contributed by atoms with van der Waals surface area (Å²) in [5.74, 6) is 0.510. The quantitative estimate of drug-likeness (QED) is 0.384. The summed E-state index contributed by atoms with van der Waals surface area (Å²) >= 11 is 1.30. The molecule has 0 aliphatic carbocycles. The van der Waals surface area contributed by atoms with Crippen molar-refractivity contribution < 1.29 is 9.72 Å². The first kappa shape index (κ1) is 19.6. The van der Waals surface area contributed by atoms with Gasteiger partial charge in [0.25, 0.3) is 5.69 Å². The van der Waals surface area contributed by atoms with E-state index in [9.17, 15) is 14.9 Å². The van der Waals surface area contributed by atoms with Gasteiger partial charge in [-0.05, 0) is 44.5 Å². The van der Waals surface area contributed by atoms with Gasteiger partial charge in [-0.1, -0.05) is 30.0 Å².